The molecule has 0 aliphatic carbocycles. The zero-order valence-electron chi connectivity index (χ0n) is 18.5. The van der Waals surface area contributed by atoms with Gasteiger partial charge in [-0.3, -0.25) is 19.3 Å². The van der Waals surface area contributed by atoms with Crippen molar-refractivity contribution in [3.8, 4) is 6.07 Å². The van der Waals surface area contributed by atoms with Gasteiger partial charge in [0.1, 0.15) is 6.04 Å². The van der Waals surface area contributed by atoms with Gasteiger partial charge >= 0.3 is 0 Å². The molecule has 4 rings (SSSR count). The first-order chi connectivity index (χ1) is 15.2. The third kappa shape index (κ3) is 3.85. The Morgan fingerprint density at radius 3 is 2.69 bits per heavy atom. The number of hydrogen-bond acceptors (Lipinski definition) is 6. The predicted molar refractivity (Wildman–Crippen MR) is 117 cm³/mol. The van der Waals surface area contributed by atoms with Gasteiger partial charge in [0.15, 0.2) is 0 Å². The van der Waals surface area contributed by atoms with E-state index in [2.05, 4.69) is 6.07 Å². The molecule has 3 heterocycles. The molecule has 170 valence electrons. The summed E-state index contributed by atoms with van der Waals surface area (Å²) in [7, 11) is 0. The van der Waals surface area contributed by atoms with Crippen molar-refractivity contribution in [3.63, 3.8) is 0 Å². The fourth-order valence-corrected chi connectivity index (χ4v) is 5.47. The first kappa shape index (κ1) is 22.2. The number of nitriles is 1. The predicted octanol–water partition coefficient (Wildman–Crippen LogP) is 0.219. The molecule has 3 aliphatic heterocycles. The number of amides is 3. The van der Waals surface area contributed by atoms with Crippen molar-refractivity contribution in [2.24, 2.45) is 17.4 Å². The average molecular weight is 439 g/mol. The van der Waals surface area contributed by atoms with E-state index in [4.69, 9.17) is 11.5 Å². The number of carbonyl (C=O) groups is 3. The first-order valence-electron chi connectivity index (χ1n) is 11.1. The maximum atomic E-state index is 13.2. The Bertz CT molecular complexity index is 975. The summed E-state index contributed by atoms with van der Waals surface area (Å²) in [5, 5.41) is 9.34. The fourth-order valence-electron chi connectivity index (χ4n) is 5.47. The minimum Gasteiger partial charge on any atom is -0.366 e. The minimum absolute atomic E-state index is 0.0163. The van der Waals surface area contributed by atoms with Gasteiger partial charge in [-0.1, -0.05) is 19.1 Å². The van der Waals surface area contributed by atoms with Gasteiger partial charge in [-0.05, 0) is 43.4 Å². The Hall–Kier alpha value is -2.96. The summed E-state index contributed by atoms with van der Waals surface area (Å²) in [6, 6.07) is 7.62. The Kier molecular flexibility index (Phi) is 5.93. The highest BCUT2D eigenvalue weighted by molar-refractivity contribution is 5.93. The number of primary amides is 1. The van der Waals surface area contributed by atoms with E-state index in [-0.39, 0.29) is 35.9 Å². The van der Waals surface area contributed by atoms with Crippen LogP contribution in [0.15, 0.2) is 24.3 Å². The quantitative estimate of drug-likeness (QED) is 0.652. The molecule has 9 heteroatoms. The van der Waals surface area contributed by atoms with Gasteiger partial charge in [0.25, 0.3) is 0 Å². The van der Waals surface area contributed by atoms with Gasteiger partial charge in [-0.2, -0.15) is 5.26 Å². The van der Waals surface area contributed by atoms with Crippen LogP contribution in [-0.2, 0) is 9.59 Å². The van der Waals surface area contributed by atoms with Crippen molar-refractivity contribution < 1.29 is 14.4 Å². The molecule has 3 amide bonds. The van der Waals surface area contributed by atoms with Gasteiger partial charge in [0.05, 0.1) is 24.2 Å². The normalized spacial score (nSPS) is 29.2. The number of hydrogen-bond donors (Lipinski definition) is 2. The summed E-state index contributed by atoms with van der Waals surface area (Å²) in [5.74, 6) is -0.417. The zero-order chi connectivity index (χ0) is 23.2. The lowest BCUT2D eigenvalue weighted by atomic mass is 10.0. The molecule has 4 N–H and O–H groups in total. The summed E-state index contributed by atoms with van der Waals surface area (Å²) in [6.45, 7) is 5.47. The fraction of sp³-hybridized carbons (Fsp3) is 0.565. The third-order valence-corrected chi connectivity index (χ3v) is 7.08. The van der Waals surface area contributed by atoms with Crippen LogP contribution in [0, 0.1) is 17.2 Å². The van der Waals surface area contributed by atoms with E-state index in [0.29, 0.717) is 38.0 Å². The number of nitrogens with two attached hydrogens (primary N) is 2. The van der Waals surface area contributed by atoms with Crippen LogP contribution in [0.4, 0.5) is 0 Å². The lowest BCUT2D eigenvalue weighted by Gasteiger charge is -2.38. The molecule has 32 heavy (non-hydrogen) atoms. The lowest BCUT2D eigenvalue weighted by molar-refractivity contribution is -0.141. The number of carbonyl (C=O) groups excluding carboxylic acids is 3. The summed E-state index contributed by atoms with van der Waals surface area (Å²) < 4.78 is 0. The molecule has 3 fully saturated rings. The second-order valence-corrected chi connectivity index (χ2v) is 9.35. The van der Waals surface area contributed by atoms with Crippen LogP contribution in [0.25, 0.3) is 0 Å². The standard InChI is InChI=1S/C23H30N6O3/c1-13-6-17(9-24)28(10-13)22(31)19(25)12-27-11-18-8-20(27)23(32)29(18)14(2)15-4-3-5-16(7-15)21(26)30/h3-5,7,13-14,17-20H,6,8,10-12,25H2,1-2H3,(H2,26,30)/t13?,14?,17?,18-,19?,20?/m0/s1. The van der Waals surface area contributed by atoms with Gasteiger partial charge < -0.3 is 21.3 Å². The molecular weight excluding hydrogens is 408 g/mol. The summed E-state index contributed by atoms with van der Waals surface area (Å²) in [6.07, 6.45) is 1.37. The van der Waals surface area contributed by atoms with Crippen LogP contribution in [-0.4, -0.2) is 76.2 Å². The number of rotatable bonds is 6. The van der Waals surface area contributed by atoms with Crippen LogP contribution >= 0.6 is 0 Å². The third-order valence-electron chi connectivity index (χ3n) is 7.08. The van der Waals surface area contributed by atoms with E-state index in [1.807, 2.05) is 29.7 Å². The molecule has 3 aliphatic rings. The summed E-state index contributed by atoms with van der Waals surface area (Å²) in [4.78, 5) is 43.0. The van der Waals surface area contributed by atoms with Crippen molar-refractivity contribution >= 4 is 17.7 Å². The number of fused-ring (bicyclic) bond motifs is 2. The maximum absolute atomic E-state index is 13.2. The van der Waals surface area contributed by atoms with Gasteiger partial charge in [0.2, 0.25) is 17.7 Å². The van der Waals surface area contributed by atoms with E-state index >= 15 is 0 Å². The molecule has 1 aromatic carbocycles. The highest BCUT2D eigenvalue weighted by atomic mass is 16.2. The van der Waals surface area contributed by atoms with Gasteiger partial charge in [-0.25, -0.2) is 0 Å². The highest BCUT2D eigenvalue weighted by Crippen LogP contribution is 2.38. The SMILES string of the molecule is CC1CC(C#N)N(C(=O)C(N)CN2C[C@@H]3CC2C(=O)N3C(C)c2cccc(C(N)=O)c2)C1. The van der Waals surface area contributed by atoms with Crippen LogP contribution in [0.3, 0.4) is 0 Å². The Balaban J connectivity index is 1.40. The smallest absolute Gasteiger partial charge is 0.248 e. The Morgan fingerprint density at radius 2 is 2.03 bits per heavy atom. The summed E-state index contributed by atoms with van der Waals surface area (Å²) >= 11 is 0. The Labute approximate surface area is 187 Å². The van der Waals surface area contributed by atoms with Gasteiger partial charge in [0, 0.05) is 31.2 Å². The van der Waals surface area contributed by atoms with Crippen LogP contribution in [0.2, 0.25) is 0 Å². The van der Waals surface area contributed by atoms with E-state index < -0.39 is 18.0 Å². The average Bonchev–Trinajstić information content (AvgIpc) is 3.44. The summed E-state index contributed by atoms with van der Waals surface area (Å²) in [5.41, 5.74) is 12.9. The van der Waals surface area contributed by atoms with Crippen molar-refractivity contribution in [3.05, 3.63) is 35.4 Å². The molecule has 3 saturated heterocycles. The topological polar surface area (TPSA) is 137 Å². The molecular formula is C23H30N6O3. The van der Waals surface area contributed by atoms with Gasteiger partial charge in [-0.15, -0.1) is 0 Å². The molecule has 0 aromatic heterocycles. The van der Waals surface area contributed by atoms with Crippen molar-refractivity contribution in [1.29, 1.82) is 5.26 Å². The van der Waals surface area contributed by atoms with Crippen molar-refractivity contribution in [2.75, 3.05) is 19.6 Å². The number of benzene rings is 1. The second-order valence-electron chi connectivity index (χ2n) is 9.35. The molecule has 2 bridgehead atoms. The van der Waals surface area contributed by atoms with Crippen molar-refractivity contribution in [1.82, 2.24) is 14.7 Å². The number of likely N-dealkylation sites (tertiary alicyclic amines) is 3. The molecule has 5 unspecified atom stereocenters. The second kappa shape index (κ2) is 8.52. The molecule has 6 atom stereocenters. The number of nitrogens with zero attached hydrogens (tertiary/aromatic N) is 4. The highest BCUT2D eigenvalue weighted by Gasteiger charge is 2.51. The molecule has 1 aromatic rings. The molecule has 0 spiro atoms. The zero-order valence-corrected chi connectivity index (χ0v) is 18.5. The Morgan fingerprint density at radius 1 is 1.28 bits per heavy atom. The molecule has 9 nitrogen and oxygen atoms in total. The van der Waals surface area contributed by atoms with Crippen LogP contribution < -0.4 is 11.5 Å². The number of piperazine rings is 1. The molecule has 0 saturated carbocycles. The first-order valence-corrected chi connectivity index (χ1v) is 11.1. The van der Waals surface area contributed by atoms with E-state index in [1.165, 1.54) is 0 Å². The maximum Gasteiger partial charge on any atom is 0.248 e. The van der Waals surface area contributed by atoms with Crippen LogP contribution in [0.5, 0.6) is 0 Å². The van der Waals surface area contributed by atoms with Crippen LogP contribution in [0.1, 0.15) is 48.7 Å². The minimum atomic E-state index is -0.763. The largest absolute Gasteiger partial charge is 0.366 e. The van der Waals surface area contributed by atoms with E-state index in [1.54, 1.807) is 23.1 Å². The molecule has 0 radical (unpaired) electrons. The van der Waals surface area contributed by atoms with E-state index in [9.17, 15) is 19.6 Å². The van der Waals surface area contributed by atoms with E-state index in [0.717, 1.165) is 5.56 Å². The van der Waals surface area contributed by atoms with Crippen molar-refractivity contribution in [2.45, 2.75) is 56.9 Å². The monoisotopic (exact) mass is 438 g/mol. The lowest BCUT2D eigenvalue weighted by Crippen LogP contribution is -2.56.